The molecule has 0 amide bonds. The molecule has 1 aromatic heterocycles. The SMILES string of the molecule is CC[C@]1(CO)CCCN(Cc2cnc(-c3ccc(Cl)cc3)nc2)C1. The Kier molecular flexibility index (Phi) is 5.49. The van der Waals surface area contributed by atoms with Crippen LogP contribution in [-0.4, -0.2) is 39.7 Å². The number of aliphatic hydroxyl groups is 1. The summed E-state index contributed by atoms with van der Waals surface area (Å²) in [6.45, 7) is 5.29. The number of hydrogen-bond acceptors (Lipinski definition) is 4. The first kappa shape index (κ1) is 17.3. The zero-order valence-corrected chi connectivity index (χ0v) is 14.8. The lowest BCUT2D eigenvalue weighted by Gasteiger charge is -2.41. The zero-order chi connectivity index (χ0) is 17.0. The van der Waals surface area contributed by atoms with Gasteiger partial charge in [0.15, 0.2) is 5.82 Å². The van der Waals surface area contributed by atoms with Crippen molar-refractivity contribution >= 4 is 11.6 Å². The first-order chi connectivity index (χ1) is 11.6. The third-order valence-electron chi connectivity index (χ3n) is 5.04. The van der Waals surface area contributed by atoms with Gasteiger partial charge in [0.05, 0.1) is 0 Å². The van der Waals surface area contributed by atoms with E-state index >= 15 is 0 Å². The van der Waals surface area contributed by atoms with Gasteiger partial charge < -0.3 is 5.11 Å². The summed E-state index contributed by atoms with van der Waals surface area (Å²) in [5, 5.41) is 10.5. The molecule has 0 saturated carbocycles. The fourth-order valence-corrected chi connectivity index (χ4v) is 3.54. The van der Waals surface area contributed by atoms with Gasteiger partial charge in [0.2, 0.25) is 0 Å². The van der Waals surface area contributed by atoms with Gasteiger partial charge >= 0.3 is 0 Å². The summed E-state index contributed by atoms with van der Waals surface area (Å²) in [6.07, 6.45) is 7.07. The highest BCUT2D eigenvalue weighted by Crippen LogP contribution is 2.33. The predicted octanol–water partition coefficient (Wildman–Crippen LogP) is 3.78. The minimum absolute atomic E-state index is 0.0579. The molecule has 4 nitrogen and oxygen atoms in total. The maximum atomic E-state index is 9.75. The van der Waals surface area contributed by atoms with Crippen LogP contribution in [0.15, 0.2) is 36.7 Å². The van der Waals surface area contributed by atoms with Crippen molar-refractivity contribution in [3.05, 3.63) is 47.2 Å². The summed E-state index contributed by atoms with van der Waals surface area (Å²) in [5.74, 6) is 0.715. The number of likely N-dealkylation sites (tertiary alicyclic amines) is 1. The molecule has 2 aromatic rings. The minimum atomic E-state index is 0.0579. The highest BCUT2D eigenvalue weighted by atomic mass is 35.5. The topological polar surface area (TPSA) is 49.2 Å². The first-order valence-corrected chi connectivity index (χ1v) is 8.92. The lowest BCUT2D eigenvalue weighted by atomic mass is 9.78. The van der Waals surface area contributed by atoms with E-state index in [0.29, 0.717) is 10.8 Å². The number of piperidine rings is 1. The van der Waals surface area contributed by atoms with Crippen LogP contribution in [0.3, 0.4) is 0 Å². The van der Waals surface area contributed by atoms with Gasteiger partial charge in [-0.15, -0.1) is 0 Å². The lowest BCUT2D eigenvalue weighted by Crippen LogP contribution is -2.44. The van der Waals surface area contributed by atoms with Crippen LogP contribution in [0.2, 0.25) is 5.02 Å². The largest absolute Gasteiger partial charge is 0.396 e. The molecule has 0 aliphatic carbocycles. The van der Waals surface area contributed by atoms with E-state index in [-0.39, 0.29) is 12.0 Å². The van der Waals surface area contributed by atoms with Crippen LogP contribution >= 0.6 is 11.6 Å². The van der Waals surface area contributed by atoms with Crippen molar-refractivity contribution in [1.82, 2.24) is 14.9 Å². The quantitative estimate of drug-likeness (QED) is 0.895. The summed E-state index contributed by atoms with van der Waals surface area (Å²) in [6, 6.07) is 7.56. The van der Waals surface area contributed by atoms with Crippen molar-refractivity contribution in [2.45, 2.75) is 32.7 Å². The molecule has 0 radical (unpaired) electrons. The van der Waals surface area contributed by atoms with Crippen LogP contribution in [-0.2, 0) is 6.54 Å². The zero-order valence-electron chi connectivity index (χ0n) is 14.1. The molecule has 128 valence electrons. The van der Waals surface area contributed by atoms with Crippen LogP contribution in [0.4, 0.5) is 0 Å². The van der Waals surface area contributed by atoms with Crippen LogP contribution in [0.1, 0.15) is 31.7 Å². The average molecular weight is 346 g/mol. The Bertz CT molecular complexity index is 653. The molecule has 1 aromatic carbocycles. The molecular formula is C19H24ClN3O. The van der Waals surface area contributed by atoms with E-state index in [2.05, 4.69) is 21.8 Å². The van der Waals surface area contributed by atoms with Crippen molar-refractivity contribution in [1.29, 1.82) is 0 Å². The van der Waals surface area contributed by atoms with E-state index in [9.17, 15) is 5.11 Å². The van der Waals surface area contributed by atoms with Gasteiger partial charge in [-0.05, 0) is 50.1 Å². The van der Waals surface area contributed by atoms with E-state index in [4.69, 9.17) is 11.6 Å². The van der Waals surface area contributed by atoms with Crippen molar-refractivity contribution in [3.63, 3.8) is 0 Å². The highest BCUT2D eigenvalue weighted by molar-refractivity contribution is 6.30. The van der Waals surface area contributed by atoms with E-state index in [0.717, 1.165) is 50.0 Å². The maximum absolute atomic E-state index is 9.75. The van der Waals surface area contributed by atoms with Crippen molar-refractivity contribution in [2.24, 2.45) is 5.41 Å². The number of benzene rings is 1. The summed E-state index contributed by atoms with van der Waals surface area (Å²) in [7, 11) is 0. The van der Waals surface area contributed by atoms with Crippen LogP contribution in [0.5, 0.6) is 0 Å². The molecular weight excluding hydrogens is 322 g/mol. The average Bonchev–Trinajstić information content (AvgIpc) is 2.63. The Morgan fingerprint density at radius 3 is 2.54 bits per heavy atom. The maximum Gasteiger partial charge on any atom is 0.159 e. The Balaban J connectivity index is 1.67. The van der Waals surface area contributed by atoms with E-state index in [1.165, 1.54) is 0 Å². The molecule has 1 saturated heterocycles. The Morgan fingerprint density at radius 2 is 1.92 bits per heavy atom. The van der Waals surface area contributed by atoms with Crippen LogP contribution in [0.25, 0.3) is 11.4 Å². The molecule has 2 heterocycles. The normalized spacial score (nSPS) is 21.8. The molecule has 5 heteroatoms. The molecule has 1 N–H and O–H groups in total. The van der Waals surface area contributed by atoms with Gasteiger partial charge in [0.1, 0.15) is 0 Å². The smallest absolute Gasteiger partial charge is 0.159 e. The van der Waals surface area contributed by atoms with Gasteiger partial charge in [-0.25, -0.2) is 9.97 Å². The highest BCUT2D eigenvalue weighted by Gasteiger charge is 2.33. The molecule has 1 atom stereocenters. The summed E-state index contributed by atoms with van der Waals surface area (Å²) in [4.78, 5) is 11.4. The lowest BCUT2D eigenvalue weighted by molar-refractivity contribution is 0.0257. The first-order valence-electron chi connectivity index (χ1n) is 8.54. The molecule has 3 rings (SSSR count). The van der Waals surface area contributed by atoms with Crippen molar-refractivity contribution < 1.29 is 5.11 Å². The Morgan fingerprint density at radius 1 is 1.21 bits per heavy atom. The fourth-order valence-electron chi connectivity index (χ4n) is 3.42. The number of aliphatic hydroxyl groups excluding tert-OH is 1. The van der Waals surface area contributed by atoms with Gasteiger partial charge in [-0.3, -0.25) is 4.90 Å². The second-order valence-electron chi connectivity index (χ2n) is 6.75. The van der Waals surface area contributed by atoms with Crippen molar-refractivity contribution in [3.8, 4) is 11.4 Å². The van der Waals surface area contributed by atoms with E-state index in [1.807, 2.05) is 36.7 Å². The van der Waals surface area contributed by atoms with E-state index < -0.39 is 0 Å². The van der Waals surface area contributed by atoms with Gasteiger partial charge in [-0.2, -0.15) is 0 Å². The molecule has 1 aliphatic rings. The third-order valence-corrected chi connectivity index (χ3v) is 5.29. The number of aromatic nitrogens is 2. The van der Waals surface area contributed by atoms with Gasteiger partial charge in [0.25, 0.3) is 0 Å². The second kappa shape index (κ2) is 7.60. The Labute approximate surface area is 148 Å². The predicted molar refractivity (Wildman–Crippen MR) is 96.8 cm³/mol. The van der Waals surface area contributed by atoms with Crippen LogP contribution in [0, 0.1) is 5.41 Å². The van der Waals surface area contributed by atoms with Gasteiger partial charge in [0, 0.05) is 53.7 Å². The second-order valence-corrected chi connectivity index (χ2v) is 7.18. The summed E-state index contributed by atoms with van der Waals surface area (Å²) >= 11 is 5.92. The van der Waals surface area contributed by atoms with Crippen molar-refractivity contribution in [2.75, 3.05) is 19.7 Å². The Hall–Kier alpha value is -1.49. The molecule has 24 heavy (non-hydrogen) atoms. The fraction of sp³-hybridized carbons (Fsp3) is 0.474. The molecule has 1 fully saturated rings. The van der Waals surface area contributed by atoms with Crippen LogP contribution < -0.4 is 0 Å². The molecule has 0 bridgehead atoms. The summed E-state index contributed by atoms with van der Waals surface area (Å²) < 4.78 is 0. The number of halogens is 1. The summed E-state index contributed by atoms with van der Waals surface area (Å²) in [5.41, 5.74) is 2.13. The van der Waals surface area contributed by atoms with E-state index in [1.54, 1.807) is 0 Å². The third kappa shape index (κ3) is 3.94. The number of rotatable bonds is 5. The number of nitrogens with zero attached hydrogens (tertiary/aromatic N) is 3. The number of hydrogen-bond donors (Lipinski definition) is 1. The minimum Gasteiger partial charge on any atom is -0.396 e. The van der Waals surface area contributed by atoms with Gasteiger partial charge in [-0.1, -0.05) is 18.5 Å². The monoisotopic (exact) mass is 345 g/mol. The standard InChI is InChI=1S/C19H24ClN3O/c1-2-19(14-24)8-3-9-23(13-19)12-15-10-21-18(22-11-15)16-4-6-17(20)7-5-16/h4-7,10-11,24H,2-3,8-9,12-14H2,1H3/t19-/m0/s1. The molecule has 1 aliphatic heterocycles. The molecule has 0 spiro atoms. The molecule has 0 unspecified atom stereocenters.